The molecule has 0 spiro atoms. The van der Waals surface area contributed by atoms with Gasteiger partial charge in [0.2, 0.25) is 0 Å². The number of benzene rings is 2. The molecule has 2 aromatic carbocycles. The van der Waals surface area contributed by atoms with Gasteiger partial charge in [-0.05, 0) is 64.0 Å². The van der Waals surface area contributed by atoms with Gasteiger partial charge in [0.25, 0.3) is 0 Å². The fourth-order valence-electron chi connectivity index (χ4n) is 1.93. The van der Waals surface area contributed by atoms with Crippen LogP contribution in [0.15, 0.2) is 46.9 Å². The van der Waals surface area contributed by atoms with Crippen molar-refractivity contribution >= 4 is 38.5 Å². The third kappa shape index (κ3) is 4.43. The van der Waals surface area contributed by atoms with Gasteiger partial charge >= 0.3 is 6.18 Å². The molecular formula is C15H11BrF3IO. The quantitative estimate of drug-likeness (QED) is 0.599. The molecule has 0 saturated carbocycles. The maximum absolute atomic E-state index is 12.7. The molecule has 6 heteroatoms. The van der Waals surface area contributed by atoms with Crippen LogP contribution in [0.1, 0.15) is 22.8 Å². The third-order valence-corrected chi connectivity index (χ3v) is 4.47. The van der Waals surface area contributed by atoms with Gasteiger partial charge in [0.05, 0.1) is 11.7 Å². The van der Waals surface area contributed by atoms with Crippen LogP contribution in [-0.4, -0.2) is 5.11 Å². The van der Waals surface area contributed by atoms with Crippen molar-refractivity contribution in [3.63, 3.8) is 0 Å². The van der Waals surface area contributed by atoms with E-state index in [9.17, 15) is 18.3 Å². The first-order valence-electron chi connectivity index (χ1n) is 6.06. The summed E-state index contributed by atoms with van der Waals surface area (Å²) in [7, 11) is 0. The molecule has 0 saturated heterocycles. The van der Waals surface area contributed by atoms with E-state index in [0.29, 0.717) is 4.47 Å². The minimum absolute atomic E-state index is 0.239. The number of halogens is 5. The average molecular weight is 471 g/mol. The lowest BCUT2D eigenvalue weighted by Gasteiger charge is -2.16. The van der Waals surface area contributed by atoms with Gasteiger partial charge in [0.1, 0.15) is 0 Å². The molecule has 2 aromatic rings. The highest BCUT2D eigenvalue weighted by atomic mass is 127. The van der Waals surface area contributed by atoms with Gasteiger partial charge in [-0.25, -0.2) is 0 Å². The SMILES string of the molecule is OC(Cc1ccc(I)cc1)c1cc(C(F)(F)F)ccc1Br. The van der Waals surface area contributed by atoms with Gasteiger partial charge in [-0.2, -0.15) is 13.2 Å². The molecule has 21 heavy (non-hydrogen) atoms. The van der Waals surface area contributed by atoms with Crippen molar-refractivity contribution < 1.29 is 18.3 Å². The van der Waals surface area contributed by atoms with Gasteiger partial charge in [0, 0.05) is 14.5 Å². The van der Waals surface area contributed by atoms with Gasteiger partial charge in [-0.1, -0.05) is 28.1 Å². The Morgan fingerprint density at radius 1 is 1.10 bits per heavy atom. The average Bonchev–Trinajstić information content (AvgIpc) is 2.40. The zero-order chi connectivity index (χ0) is 15.6. The Bertz CT molecular complexity index is 626. The van der Waals surface area contributed by atoms with E-state index < -0.39 is 17.8 Å². The lowest BCUT2D eigenvalue weighted by atomic mass is 9.99. The summed E-state index contributed by atoms with van der Waals surface area (Å²) in [5, 5.41) is 10.2. The van der Waals surface area contributed by atoms with E-state index in [0.717, 1.165) is 21.3 Å². The number of hydrogen-bond donors (Lipinski definition) is 1. The van der Waals surface area contributed by atoms with Crippen LogP contribution in [0.4, 0.5) is 13.2 Å². The molecule has 1 N–H and O–H groups in total. The molecule has 1 nitrogen and oxygen atoms in total. The molecule has 0 aliphatic rings. The lowest BCUT2D eigenvalue weighted by Crippen LogP contribution is -2.09. The van der Waals surface area contributed by atoms with Crippen molar-refractivity contribution in [2.24, 2.45) is 0 Å². The second-order valence-electron chi connectivity index (χ2n) is 4.58. The van der Waals surface area contributed by atoms with E-state index in [-0.39, 0.29) is 12.0 Å². The van der Waals surface area contributed by atoms with Crippen molar-refractivity contribution in [1.29, 1.82) is 0 Å². The summed E-state index contributed by atoms with van der Waals surface area (Å²) < 4.78 is 39.7. The molecule has 0 aliphatic carbocycles. The summed E-state index contributed by atoms with van der Waals surface area (Å²) >= 11 is 5.36. The number of aliphatic hydroxyl groups excluding tert-OH is 1. The normalized spacial score (nSPS) is 13.2. The Balaban J connectivity index is 2.26. The van der Waals surface area contributed by atoms with Crippen LogP contribution in [0, 0.1) is 3.57 Å². The first kappa shape index (κ1) is 16.8. The van der Waals surface area contributed by atoms with Gasteiger partial charge in [-0.15, -0.1) is 0 Å². The van der Waals surface area contributed by atoms with Crippen LogP contribution >= 0.6 is 38.5 Å². The Morgan fingerprint density at radius 3 is 2.29 bits per heavy atom. The highest BCUT2D eigenvalue weighted by Crippen LogP contribution is 2.34. The number of rotatable bonds is 3. The summed E-state index contributed by atoms with van der Waals surface area (Å²) in [4.78, 5) is 0. The highest BCUT2D eigenvalue weighted by Gasteiger charge is 2.31. The minimum atomic E-state index is -4.42. The van der Waals surface area contributed by atoms with E-state index in [1.807, 2.05) is 24.3 Å². The van der Waals surface area contributed by atoms with Crippen LogP contribution in [0.5, 0.6) is 0 Å². The molecule has 0 bridgehead atoms. The Labute approximate surface area is 142 Å². The molecule has 0 amide bonds. The monoisotopic (exact) mass is 470 g/mol. The predicted octanol–water partition coefficient (Wildman–Crippen LogP) is 5.35. The zero-order valence-electron chi connectivity index (χ0n) is 10.7. The summed E-state index contributed by atoms with van der Waals surface area (Å²) in [5.41, 5.74) is 0.345. The fourth-order valence-corrected chi connectivity index (χ4v) is 2.80. The summed E-state index contributed by atoms with van der Waals surface area (Å²) in [5.74, 6) is 0. The van der Waals surface area contributed by atoms with Gasteiger partial charge in [-0.3, -0.25) is 0 Å². The molecular weight excluding hydrogens is 460 g/mol. The van der Waals surface area contributed by atoms with E-state index in [1.54, 1.807) is 0 Å². The summed E-state index contributed by atoms with van der Waals surface area (Å²) in [6, 6.07) is 10.8. The third-order valence-electron chi connectivity index (χ3n) is 3.02. The zero-order valence-corrected chi connectivity index (χ0v) is 14.4. The Kier molecular flexibility index (Phi) is 5.32. The highest BCUT2D eigenvalue weighted by molar-refractivity contribution is 14.1. The maximum atomic E-state index is 12.7. The van der Waals surface area contributed by atoms with Crippen LogP contribution in [0.2, 0.25) is 0 Å². The van der Waals surface area contributed by atoms with Crippen LogP contribution in [0.3, 0.4) is 0 Å². The lowest BCUT2D eigenvalue weighted by molar-refractivity contribution is -0.137. The van der Waals surface area contributed by atoms with E-state index in [4.69, 9.17) is 0 Å². The van der Waals surface area contributed by atoms with E-state index >= 15 is 0 Å². The standard InChI is InChI=1S/C15H11BrF3IO/c16-13-6-3-10(15(17,18)19)8-12(13)14(21)7-9-1-4-11(20)5-2-9/h1-6,8,14,21H,7H2. The van der Waals surface area contributed by atoms with Crippen molar-refractivity contribution in [2.75, 3.05) is 0 Å². The minimum Gasteiger partial charge on any atom is -0.388 e. The van der Waals surface area contributed by atoms with Crippen LogP contribution in [-0.2, 0) is 12.6 Å². The molecule has 0 aliphatic heterocycles. The largest absolute Gasteiger partial charge is 0.416 e. The van der Waals surface area contributed by atoms with Crippen molar-refractivity contribution in [2.45, 2.75) is 18.7 Å². The number of alkyl halides is 3. The molecule has 0 radical (unpaired) electrons. The number of hydrogen-bond acceptors (Lipinski definition) is 1. The van der Waals surface area contributed by atoms with Crippen LogP contribution < -0.4 is 0 Å². The molecule has 0 fully saturated rings. The van der Waals surface area contributed by atoms with E-state index in [1.165, 1.54) is 6.07 Å². The fraction of sp³-hybridized carbons (Fsp3) is 0.200. The predicted molar refractivity (Wildman–Crippen MR) is 87.0 cm³/mol. The molecule has 0 aromatic heterocycles. The van der Waals surface area contributed by atoms with Gasteiger partial charge in [0.15, 0.2) is 0 Å². The smallest absolute Gasteiger partial charge is 0.388 e. The van der Waals surface area contributed by atoms with Crippen molar-refractivity contribution in [3.05, 3.63) is 67.2 Å². The first-order valence-corrected chi connectivity index (χ1v) is 7.93. The summed E-state index contributed by atoms with van der Waals surface area (Å²) in [6.45, 7) is 0. The second-order valence-corrected chi connectivity index (χ2v) is 6.68. The Hall–Kier alpha value is -0.600. The van der Waals surface area contributed by atoms with Gasteiger partial charge < -0.3 is 5.11 Å². The molecule has 2 rings (SSSR count). The van der Waals surface area contributed by atoms with Crippen molar-refractivity contribution in [1.82, 2.24) is 0 Å². The first-order chi connectivity index (χ1) is 9.77. The van der Waals surface area contributed by atoms with E-state index in [2.05, 4.69) is 38.5 Å². The van der Waals surface area contributed by atoms with Crippen LogP contribution in [0.25, 0.3) is 0 Å². The molecule has 112 valence electrons. The molecule has 0 heterocycles. The Morgan fingerprint density at radius 2 is 1.71 bits per heavy atom. The maximum Gasteiger partial charge on any atom is 0.416 e. The molecule has 1 unspecified atom stereocenters. The number of aliphatic hydroxyl groups is 1. The van der Waals surface area contributed by atoms with Crippen molar-refractivity contribution in [3.8, 4) is 0 Å². The molecule has 1 atom stereocenters. The summed E-state index contributed by atoms with van der Waals surface area (Å²) in [6.07, 6.45) is -5.16. The second kappa shape index (κ2) is 6.66. The topological polar surface area (TPSA) is 20.2 Å².